The van der Waals surface area contributed by atoms with E-state index in [4.69, 9.17) is 0 Å². The second-order valence-corrected chi connectivity index (χ2v) is 2.31. The summed E-state index contributed by atoms with van der Waals surface area (Å²) in [4.78, 5) is 0. The summed E-state index contributed by atoms with van der Waals surface area (Å²) in [6, 6.07) is 0. The Hall–Kier alpha value is -0.0100. The van der Waals surface area contributed by atoms with Crippen molar-refractivity contribution in [3.05, 3.63) is 11.6 Å². The van der Waals surface area contributed by atoms with E-state index in [2.05, 4.69) is 32.2 Å². The molecule has 0 aromatic rings. The van der Waals surface area contributed by atoms with E-state index in [-0.39, 0.29) is 12.4 Å². The molecular formula is C8H18ClN. The Bertz CT molecular complexity index is 89.3. The van der Waals surface area contributed by atoms with Gasteiger partial charge in [-0.3, -0.25) is 0 Å². The van der Waals surface area contributed by atoms with E-state index in [1.165, 1.54) is 12.0 Å². The number of allylic oxidation sites excluding steroid dienone is 1. The molecule has 0 unspecified atom stereocenters. The fourth-order valence-corrected chi connectivity index (χ4v) is 0.564. The first kappa shape index (κ1) is 12.6. The molecule has 0 aliphatic heterocycles. The van der Waals surface area contributed by atoms with E-state index in [1.807, 2.05) is 0 Å². The third kappa shape index (κ3) is 7.99. The minimum Gasteiger partial charge on any atom is -0.313 e. The van der Waals surface area contributed by atoms with Gasteiger partial charge in [0.1, 0.15) is 0 Å². The van der Waals surface area contributed by atoms with Crippen LogP contribution in [0.1, 0.15) is 27.2 Å². The van der Waals surface area contributed by atoms with E-state index in [1.54, 1.807) is 0 Å². The molecule has 0 atom stereocenters. The van der Waals surface area contributed by atoms with Crippen LogP contribution in [-0.2, 0) is 0 Å². The maximum atomic E-state index is 3.32. The zero-order chi connectivity index (χ0) is 7.11. The molecule has 0 aromatic heterocycles. The first-order chi connectivity index (χ1) is 4.31. The number of halogens is 1. The number of hydrogen-bond acceptors (Lipinski definition) is 1. The molecule has 10 heavy (non-hydrogen) atoms. The molecule has 62 valence electrons. The highest BCUT2D eigenvalue weighted by Gasteiger charge is 1.84. The van der Waals surface area contributed by atoms with E-state index >= 15 is 0 Å². The second kappa shape index (κ2) is 8.99. The van der Waals surface area contributed by atoms with Crippen molar-refractivity contribution in [2.45, 2.75) is 27.2 Å². The second-order valence-electron chi connectivity index (χ2n) is 2.31. The van der Waals surface area contributed by atoms with Crippen LogP contribution >= 0.6 is 12.4 Å². The van der Waals surface area contributed by atoms with Gasteiger partial charge in [-0.05, 0) is 26.8 Å². The van der Waals surface area contributed by atoms with Crippen LogP contribution in [0.3, 0.4) is 0 Å². The van der Waals surface area contributed by atoms with Crippen LogP contribution in [0.5, 0.6) is 0 Å². The van der Waals surface area contributed by atoms with Gasteiger partial charge in [0.2, 0.25) is 0 Å². The smallest absolute Gasteiger partial charge is 0.0161 e. The Morgan fingerprint density at radius 1 is 1.50 bits per heavy atom. The molecule has 0 amide bonds. The molecule has 0 heterocycles. The predicted octanol–water partition coefficient (Wildman–Crippen LogP) is 2.37. The summed E-state index contributed by atoms with van der Waals surface area (Å²) in [5, 5.41) is 3.32. The molecule has 1 nitrogen and oxygen atoms in total. The van der Waals surface area contributed by atoms with Crippen LogP contribution in [-0.4, -0.2) is 13.1 Å². The summed E-state index contributed by atoms with van der Waals surface area (Å²) in [6.45, 7) is 8.57. The Labute approximate surface area is 70.3 Å². The third-order valence-corrected chi connectivity index (χ3v) is 1.32. The lowest BCUT2D eigenvalue weighted by Gasteiger charge is -2.00. The molecule has 0 aliphatic carbocycles. The van der Waals surface area contributed by atoms with Crippen LogP contribution in [0.2, 0.25) is 0 Å². The predicted molar refractivity (Wildman–Crippen MR) is 49.8 cm³/mol. The normalized spacial score (nSPS) is 10.9. The van der Waals surface area contributed by atoms with Crippen LogP contribution in [0.4, 0.5) is 0 Å². The van der Waals surface area contributed by atoms with E-state index in [0.717, 1.165) is 13.1 Å². The van der Waals surface area contributed by atoms with Crippen LogP contribution in [0.15, 0.2) is 11.6 Å². The standard InChI is InChI=1S/C8H17N.ClH/c1-4-6-9-7-8(3)5-2;/h5,9H,4,6-7H2,1-3H3;1H/b8-5+;. The molecule has 0 aromatic carbocycles. The fourth-order valence-electron chi connectivity index (χ4n) is 0.564. The molecule has 0 saturated carbocycles. The first-order valence-electron chi connectivity index (χ1n) is 3.63. The number of hydrogen-bond donors (Lipinski definition) is 1. The minimum absolute atomic E-state index is 0. The molecule has 0 radical (unpaired) electrons. The lowest BCUT2D eigenvalue weighted by Crippen LogP contribution is -2.16. The average molecular weight is 164 g/mol. The van der Waals surface area contributed by atoms with Gasteiger partial charge >= 0.3 is 0 Å². The lowest BCUT2D eigenvalue weighted by atomic mass is 10.3. The van der Waals surface area contributed by atoms with Crippen molar-refractivity contribution in [3.8, 4) is 0 Å². The van der Waals surface area contributed by atoms with Gasteiger partial charge in [0.05, 0.1) is 0 Å². The van der Waals surface area contributed by atoms with Crippen molar-refractivity contribution in [1.82, 2.24) is 5.32 Å². The van der Waals surface area contributed by atoms with Gasteiger partial charge in [0, 0.05) is 6.54 Å². The van der Waals surface area contributed by atoms with Crippen molar-refractivity contribution in [1.29, 1.82) is 0 Å². The van der Waals surface area contributed by atoms with Crippen molar-refractivity contribution >= 4 is 12.4 Å². The third-order valence-electron chi connectivity index (χ3n) is 1.32. The van der Waals surface area contributed by atoms with Crippen molar-refractivity contribution in [2.75, 3.05) is 13.1 Å². The quantitative estimate of drug-likeness (QED) is 0.496. The monoisotopic (exact) mass is 163 g/mol. The highest BCUT2D eigenvalue weighted by atomic mass is 35.5. The molecule has 2 heteroatoms. The molecular weight excluding hydrogens is 146 g/mol. The van der Waals surface area contributed by atoms with Gasteiger partial charge < -0.3 is 5.32 Å². The van der Waals surface area contributed by atoms with Gasteiger partial charge in [0.15, 0.2) is 0 Å². The molecule has 0 rings (SSSR count). The summed E-state index contributed by atoms with van der Waals surface area (Å²) >= 11 is 0. The Kier molecular flexibility index (Phi) is 11.4. The molecule has 1 N–H and O–H groups in total. The zero-order valence-electron chi connectivity index (χ0n) is 7.11. The molecule has 0 aliphatic rings. The highest BCUT2D eigenvalue weighted by Crippen LogP contribution is 1.86. The SMILES string of the molecule is C/C=C(\C)CNCCC.Cl. The van der Waals surface area contributed by atoms with Gasteiger partial charge in [-0.1, -0.05) is 18.6 Å². The minimum atomic E-state index is 0. The van der Waals surface area contributed by atoms with Crippen LogP contribution in [0, 0.1) is 0 Å². The van der Waals surface area contributed by atoms with Gasteiger partial charge in [-0.2, -0.15) is 0 Å². The van der Waals surface area contributed by atoms with E-state index < -0.39 is 0 Å². The maximum Gasteiger partial charge on any atom is 0.0161 e. The molecule has 0 bridgehead atoms. The number of rotatable bonds is 4. The lowest BCUT2D eigenvalue weighted by molar-refractivity contribution is 0.713. The topological polar surface area (TPSA) is 12.0 Å². The Morgan fingerprint density at radius 2 is 2.10 bits per heavy atom. The van der Waals surface area contributed by atoms with Gasteiger partial charge in [0.25, 0.3) is 0 Å². The summed E-state index contributed by atoms with van der Waals surface area (Å²) in [7, 11) is 0. The fraction of sp³-hybridized carbons (Fsp3) is 0.750. The summed E-state index contributed by atoms with van der Waals surface area (Å²) in [5.74, 6) is 0. The van der Waals surface area contributed by atoms with Gasteiger partial charge in [-0.25, -0.2) is 0 Å². The summed E-state index contributed by atoms with van der Waals surface area (Å²) in [5.41, 5.74) is 1.42. The Balaban J connectivity index is 0. The Morgan fingerprint density at radius 3 is 2.50 bits per heavy atom. The van der Waals surface area contributed by atoms with Crippen LogP contribution < -0.4 is 5.32 Å². The zero-order valence-corrected chi connectivity index (χ0v) is 7.92. The van der Waals surface area contributed by atoms with Crippen molar-refractivity contribution in [2.24, 2.45) is 0 Å². The van der Waals surface area contributed by atoms with E-state index in [9.17, 15) is 0 Å². The van der Waals surface area contributed by atoms with Crippen molar-refractivity contribution in [3.63, 3.8) is 0 Å². The van der Waals surface area contributed by atoms with Gasteiger partial charge in [-0.15, -0.1) is 12.4 Å². The maximum absolute atomic E-state index is 3.32. The number of nitrogens with one attached hydrogen (secondary N) is 1. The summed E-state index contributed by atoms with van der Waals surface area (Å²) in [6.07, 6.45) is 3.36. The van der Waals surface area contributed by atoms with E-state index in [0.29, 0.717) is 0 Å². The molecule has 0 spiro atoms. The largest absolute Gasteiger partial charge is 0.313 e. The first-order valence-corrected chi connectivity index (χ1v) is 3.63. The molecule has 0 saturated heterocycles. The molecule has 0 fully saturated rings. The average Bonchev–Trinajstić information content (AvgIpc) is 1.89. The highest BCUT2D eigenvalue weighted by molar-refractivity contribution is 5.85. The van der Waals surface area contributed by atoms with Crippen LogP contribution in [0.25, 0.3) is 0 Å². The van der Waals surface area contributed by atoms with Crippen molar-refractivity contribution < 1.29 is 0 Å². The summed E-state index contributed by atoms with van der Waals surface area (Å²) < 4.78 is 0.